The molecule has 0 aliphatic rings. The Hall–Kier alpha value is -0.190. The molecule has 1 nitrogen and oxygen atoms in total. The predicted molar refractivity (Wildman–Crippen MR) is 66.5 cm³/mol. The summed E-state index contributed by atoms with van der Waals surface area (Å²) in [7, 11) is 0. The number of hydrogen-bond acceptors (Lipinski definition) is 1. The topological polar surface area (TPSA) is 3.24 Å². The molecule has 0 radical (unpaired) electrons. The third-order valence-electron chi connectivity index (χ3n) is 2.15. The van der Waals surface area contributed by atoms with Crippen LogP contribution in [0.25, 0.3) is 0 Å². The van der Waals surface area contributed by atoms with Gasteiger partial charge >= 0.3 is 0 Å². The van der Waals surface area contributed by atoms with Crippen molar-refractivity contribution in [2.75, 3.05) is 18.4 Å². The normalized spacial score (nSPS) is 11.4. The van der Waals surface area contributed by atoms with Crippen molar-refractivity contribution in [3.8, 4) is 0 Å². The fourth-order valence-electron chi connectivity index (χ4n) is 1.42. The van der Waals surface area contributed by atoms with Crippen LogP contribution in [0.1, 0.15) is 5.56 Å². The molecule has 0 unspecified atom stereocenters. The SMILES string of the molecule is FC(F)CN(CCBr)Cc1ccccc1Cl. The van der Waals surface area contributed by atoms with Gasteiger partial charge in [-0.05, 0) is 11.6 Å². The summed E-state index contributed by atoms with van der Waals surface area (Å²) in [5.41, 5.74) is 0.880. The standard InChI is InChI=1S/C11H13BrClF2N/c12-5-6-16(8-11(14)15)7-9-3-1-2-4-10(9)13/h1-4,11H,5-8H2. The van der Waals surface area contributed by atoms with Crippen LogP contribution in [-0.2, 0) is 6.54 Å². The highest BCUT2D eigenvalue weighted by Crippen LogP contribution is 2.17. The first-order valence-electron chi connectivity index (χ1n) is 4.93. The Morgan fingerprint density at radius 1 is 1.31 bits per heavy atom. The Morgan fingerprint density at radius 3 is 2.56 bits per heavy atom. The molecule has 0 aliphatic carbocycles. The van der Waals surface area contributed by atoms with Gasteiger partial charge in [0.2, 0.25) is 0 Å². The first kappa shape index (κ1) is 13.9. The maximum absolute atomic E-state index is 12.3. The number of alkyl halides is 3. The molecule has 0 fully saturated rings. The molecular formula is C11H13BrClF2N. The molecule has 0 saturated heterocycles. The van der Waals surface area contributed by atoms with Gasteiger partial charge in [0.05, 0.1) is 6.54 Å². The number of nitrogens with zero attached hydrogens (tertiary/aromatic N) is 1. The molecule has 0 amide bonds. The Bertz CT molecular complexity index is 323. The molecule has 0 N–H and O–H groups in total. The van der Waals surface area contributed by atoms with Crippen molar-refractivity contribution in [3.63, 3.8) is 0 Å². The zero-order valence-electron chi connectivity index (χ0n) is 8.67. The van der Waals surface area contributed by atoms with Crippen molar-refractivity contribution in [1.82, 2.24) is 4.90 Å². The minimum atomic E-state index is -2.32. The van der Waals surface area contributed by atoms with E-state index < -0.39 is 6.43 Å². The van der Waals surface area contributed by atoms with E-state index in [0.717, 1.165) is 5.56 Å². The van der Waals surface area contributed by atoms with E-state index in [0.29, 0.717) is 23.4 Å². The highest BCUT2D eigenvalue weighted by atomic mass is 79.9. The van der Waals surface area contributed by atoms with Crippen LogP contribution in [0, 0.1) is 0 Å². The summed E-state index contributed by atoms with van der Waals surface area (Å²) in [5, 5.41) is 1.29. The minimum Gasteiger partial charge on any atom is -0.293 e. The van der Waals surface area contributed by atoms with Gasteiger partial charge in [-0.25, -0.2) is 8.78 Å². The van der Waals surface area contributed by atoms with Crippen LogP contribution in [0.3, 0.4) is 0 Å². The van der Waals surface area contributed by atoms with E-state index in [1.165, 1.54) is 0 Å². The van der Waals surface area contributed by atoms with Crippen LogP contribution >= 0.6 is 27.5 Å². The third kappa shape index (κ3) is 4.76. The summed E-state index contributed by atoms with van der Waals surface area (Å²) < 4.78 is 24.6. The number of halogens is 4. The lowest BCUT2D eigenvalue weighted by Gasteiger charge is -2.21. The smallest absolute Gasteiger partial charge is 0.251 e. The van der Waals surface area contributed by atoms with E-state index in [4.69, 9.17) is 11.6 Å². The first-order chi connectivity index (χ1) is 7.63. The average molecular weight is 313 g/mol. The van der Waals surface area contributed by atoms with Crippen molar-refractivity contribution in [3.05, 3.63) is 34.9 Å². The zero-order chi connectivity index (χ0) is 12.0. The summed E-state index contributed by atoms with van der Waals surface area (Å²) in [5.74, 6) is 0. The molecule has 90 valence electrons. The predicted octanol–water partition coefficient (Wildman–Crippen LogP) is 3.80. The van der Waals surface area contributed by atoms with Gasteiger partial charge in [0, 0.05) is 23.4 Å². The molecule has 0 saturated carbocycles. The molecule has 0 heterocycles. The summed E-state index contributed by atoms with van der Waals surface area (Å²) in [6.07, 6.45) is -2.32. The fraction of sp³-hybridized carbons (Fsp3) is 0.455. The second-order valence-corrected chi connectivity index (χ2v) is 4.61. The van der Waals surface area contributed by atoms with Crippen molar-refractivity contribution in [2.45, 2.75) is 13.0 Å². The Balaban J connectivity index is 2.64. The van der Waals surface area contributed by atoms with Crippen molar-refractivity contribution in [1.29, 1.82) is 0 Å². The summed E-state index contributed by atoms with van der Waals surface area (Å²) in [6, 6.07) is 7.31. The highest BCUT2D eigenvalue weighted by molar-refractivity contribution is 9.09. The van der Waals surface area contributed by atoms with E-state index in [1.54, 1.807) is 11.0 Å². The lowest BCUT2D eigenvalue weighted by Crippen LogP contribution is -2.30. The molecule has 5 heteroatoms. The van der Waals surface area contributed by atoms with Crippen LogP contribution in [-0.4, -0.2) is 29.7 Å². The van der Waals surface area contributed by atoms with E-state index in [2.05, 4.69) is 15.9 Å². The largest absolute Gasteiger partial charge is 0.293 e. The van der Waals surface area contributed by atoms with E-state index in [1.807, 2.05) is 18.2 Å². The summed E-state index contributed by atoms with van der Waals surface area (Å²) in [4.78, 5) is 1.68. The van der Waals surface area contributed by atoms with Gasteiger partial charge in [-0.1, -0.05) is 45.7 Å². The molecule has 0 atom stereocenters. The molecule has 1 aromatic carbocycles. The summed E-state index contributed by atoms with van der Waals surface area (Å²) in [6.45, 7) is 0.808. The van der Waals surface area contributed by atoms with Crippen LogP contribution in [0.2, 0.25) is 5.02 Å². The highest BCUT2D eigenvalue weighted by Gasteiger charge is 2.12. The maximum atomic E-state index is 12.3. The van der Waals surface area contributed by atoms with Gasteiger partial charge in [0.1, 0.15) is 0 Å². The number of benzene rings is 1. The van der Waals surface area contributed by atoms with E-state index in [-0.39, 0.29) is 6.54 Å². The van der Waals surface area contributed by atoms with Crippen molar-refractivity contribution < 1.29 is 8.78 Å². The first-order valence-corrected chi connectivity index (χ1v) is 6.43. The van der Waals surface area contributed by atoms with Crippen molar-refractivity contribution in [2.24, 2.45) is 0 Å². The minimum absolute atomic E-state index is 0.225. The Morgan fingerprint density at radius 2 is 2.00 bits per heavy atom. The van der Waals surface area contributed by atoms with Gasteiger partial charge in [-0.15, -0.1) is 0 Å². The maximum Gasteiger partial charge on any atom is 0.251 e. The molecule has 0 bridgehead atoms. The lowest BCUT2D eigenvalue weighted by molar-refractivity contribution is 0.0881. The molecule has 1 rings (SSSR count). The average Bonchev–Trinajstić information content (AvgIpc) is 2.21. The van der Waals surface area contributed by atoms with E-state index >= 15 is 0 Å². The molecule has 0 aliphatic heterocycles. The molecule has 0 spiro atoms. The van der Waals surface area contributed by atoms with E-state index in [9.17, 15) is 8.78 Å². The van der Waals surface area contributed by atoms with Gasteiger partial charge in [0.15, 0.2) is 0 Å². The summed E-state index contributed by atoms with van der Waals surface area (Å²) >= 11 is 9.23. The molecule has 1 aromatic rings. The van der Waals surface area contributed by atoms with Crippen LogP contribution in [0.4, 0.5) is 8.78 Å². The Kier molecular flexibility index (Phi) is 6.24. The quantitative estimate of drug-likeness (QED) is 0.722. The molecule has 0 aromatic heterocycles. The second kappa shape index (κ2) is 7.20. The monoisotopic (exact) mass is 311 g/mol. The molecular weight excluding hydrogens is 299 g/mol. The third-order valence-corrected chi connectivity index (χ3v) is 2.87. The van der Waals surface area contributed by atoms with Crippen molar-refractivity contribution >= 4 is 27.5 Å². The van der Waals surface area contributed by atoms with Crippen LogP contribution in [0.15, 0.2) is 24.3 Å². The zero-order valence-corrected chi connectivity index (χ0v) is 11.0. The number of hydrogen-bond donors (Lipinski definition) is 0. The lowest BCUT2D eigenvalue weighted by atomic mass is 10.2. The Labute approximate surface area is 108 Å². The second-order valence-electron chi connectivity index (χ2n) is 3.41. The van der Waals surface area contributed by atoms with Crippen LogP contribution in [0.5, 0.6) is 0 Å². The van der Waals surface area contributed by atoms with Gasteiger partial charge in [0.25, 0.3) is 6.43 Å². The van der Waals surface area contributed by atoms with Crippen LogP contribution < -0.4 is 0 Å². The fourth-order valence-corrected chi connectivity index (χ4v) is 2.11. The number of rotatable bonds is 6. The molecule has 16 heavy (non-hydrogen) atoms. The van der Waals surface area contributed by atoms with Gasteiger partial charge in [-0.3, -0.25) is 4.90 Å². The van der Waals surface area contributed by atoms with Gasteiger partial charge < -0.3 is 0 Å². The van der Waals surface area contributed by atoms with Gasteiger partial charge in [-0.2, -0.15) is 0 Å².